The summed E-state index contributed by atoms with van der Waals surface area (Å²) in [4.78, 5) is 5.92. The molecule has 2 saturated heterocycles. The van der Waals surface area contributed by atoms with E-state index in [1.165, 1.54) is 5.56 Å². The Labute approximate surface area is 136 Å². The minimum atomic E-state index is -0.522. The molecule has 2 heterocycles. The van der Waals surface area contributed by atoms with Crippen LogP contribution in [0.4, 0.5) is 0 Å². The summed E-state index contributed by atoms with van der Waals surface area (Å²) >= 11 is 0. The molecular formula is C19H22N2O2. The number of hydrogen-bond acceptors (Lipinski definition) is 4. The molecule has 0 aromatic heterocycles. The van der Waals surface area contributed by atoms with E-state index in [0.29, 0.717) is 5.92 Å². The summed E-state index contributed by atoms with van der Waals surface area (Å²) in [6, 6.07) is 20.4. The van der Waals surface area contributed by atoms with Gasteiger partial charge in [0.15, 0.2) is 0 Å². The van der Waals surface area contributed by atoms with Crippen LogP contribution in [0.3, 0.4) is 0 Å². The van der Waals surface area contributed by atoms with E-state index in [1.54, 1.807) is 0 Å². The van der Waals surface area contributed by atoms with E-state index in [9.17, 15) is 5.11 Å². The number of aliphatic hydroxyl groups excluding tert-OH is 1. The zero-order valence-corrected chi connectivity index (χ0v) is 13.0. The molecule has 120 valence electrons. The minimum absolute atomic E-state index is 0.00591. The van der Waals surface area contributed by atoms with Gasteiger partial charge in [-0.15, -0.1) is 0 Å². The van der Waals surface area contributed by atoms with E-state index >= 15 is 0 Å². The Kier molecular flexibility index (Phi) is 4.14. The third-order valence-electron chi connectivity index (χ3n) is 4.92. The molecule has 2 fully saturated rings. The molecule has 2 aliphatic rings. The monoisotopic (exact) mass is 310 g/mol. The van der Waals surface area contributed by atoms with Crippen molar-refractivity contribution in [2.45, 2.75) is 24.7 Å². The van der Waals surface area contributed by atoms with Crippen molar-refractivity contribution in [2.75, 3.05) is 13.2 Å². The third-order valence-corrected chi connectivity index (χ3v) is 4.92. The second kappa shape index (κ2) is 6.42. The molecule has 2 N–H and O–H groups in total. The lowest BCUT2D eigenvalue weighted by Gasteiger charge is -2.30. The molecule has 0 radical (unpaired) electrons. The number of benzene rings is 2. The minimum Gasteiger partial charge on any atom is -0.387 e. The van der Waals surface area contributed by atoms with Gasteiger partial charge in [-0.25, -0.2) is 0 Å². The standard InChI is InChI=1S/C19H22N2O2/c22-19(15-9-5-2-6-10-15)17-18-16(11-20-17)13-23-21(18)12-14-7-3-1-4-8-14/h1-10,16-20,22H,11-13H2/t16-,17+,18+,19+/m1/s1. The molecule has 23 heavy (non-hydrogen) atoms. The smallest absolute Gasteiger partial charge is 0.0959 e. The number of nitrogens with zero attached hydrogens (tertiary/aromatic N) is 1. The van der Waals surface area contributed by atoms with E-state index in [0.717, 1.165) is 25.3 Å². The molecule has 0 amide bonds. The van der Waals surface area contributed by atoms with Gasteiger partial charge in [-0.2, -0.15) is 5.06 Å². The summed E-state index contributed by atoms with van der Waals surface area (Å²) in [6.07, 6.45) is -0.522. The van der Waals surface area contributed by atoms with Crippen molar-refractivity contribution in [3.05, 3.63) is 71.8 Å². The lowest BCUT2D eigenvalue weighted by molar-refractivity contribution is -0.150. The first-order valence-electron chi connectivity index (χ1n) is 8.23. The summed E-state index contributed by atoms with van der Waals surface area (Å²) in [6.45, 7) is 2.37. The van der Waals surface area contributed by atoms with Gasteiger partial charge < -0.3 is 10.4 Å². The van der Waals surface area contributed by atoms with Crippen molar-refractivity contribution in [3.63, 3.8) is 0 Å². The van der Waals surface area contributed by atoms with Crippen molar-refractivity contribution < 1.29 is 9.94 Å². The molecule has 4 rings (SSSR count). The van der Waals surface area contributed by atoms with E-state index < -0.39 is 6.10 Å². The average Bonchev–Trinajstić information content (AvgIpc) is 3.19. The fraction of sp³-hybridized carbons (Fsp3) is 0.368. The maximum absolute atomic E-state index is 10.8. The highest BCUT2D eigenvalue weighted by molar-refractivity contribution is 5.21. The fourth-order valence-corrected chi connectivity index (χ4v) is 3.74. The lowest BCUT2D eigenvalue weighted by Crippen LogP contribution is -2.44. The molecule has 4 heteroatoms. The van der Waals surface area contributed by atoms with Gasteiger partial charge in [0.25, 0.3) is 0 Å². The molecule has 2 aromatic rings. The van der Waals surface area contributed by atoms with E-state index in [2.05, 4.69) is 22.5 Å². The van der Waals surface area contributed by atoms with Crippen LogP contribution in [-0.2, 0) is 11.4 Å². The molecular weight excluding hydrogens is 288 g/mol. The number of hydrogen-bond donors (Lipinski definition) is 2. The molecule has 0 bridgehead atoms. The molecule has 0 saturated carbocycles. The predicted octanol–water partition coefficient (Wildman–Crippen LogP) is 2.12. The number of fused-ring (bicyclic) bond motifs is 1. The first-order chi connectivity index (χ1) is 11.3. The van der Waals surface area contributed by atoms with E-state index in [1.807, 2.05) is 48.5 Å². The Hall–Kier alpha value is -1.72. The third kappa shape index (κ3) is 2.91. The van der Waals surface area contributed by atoms with Crippen LogP contribution < -0.4 is 5.32 Å². The van der Waals surface area contributed by atoms with Gasteiger partial charge in [0, 0.05) is 19.0 Å². The maximum Gasteiger partial charge on any atom is 0.0959 e. The summed E-state index contributed by atoms with van der Waals surface area (Å²) in [7, 11) is 0. The number of aliphatic hydroxyl groups is 1. The molecule has 4 atom stereocenters. The van der Waals surface area contributed by atoms with Crippen molar-refractivity contribution in [3.8, 4) is 0 Å². The summed E-state index contributed by atoms with van der Waals surface area (Å²) in [5.41, 5.74) is 2.19. The zero-order chi connectivity index (χ0) is 15.6. The van der Waals surface area contributed by atoms with Crippen molar-refractivity contribution in [2.24, 2.45) is 5.92 Å². The maximum atomic E-state index is 10.8. The highest BCUT2D eigenvalue weighted by Crippen LogP contribution is 2.35. The fourth-order valence-electron chi connectivity index (χ4n) is 3.74. The normalized spacial score (nSPS) is 28.7. The highest BCUT2D eigenvalue weighted by Gasteiger charge is 2.48. The Morgan fingerprint density at radius 2 is 1.78 bits per heavy atom. The van der Waals surface area contributed by atoms with Crippen LogP contribution in [0.25, 0.3) is 0 Å². The van der Waals surface area contributed by atoms with Gasteiger partial charge in [-0.3, -0.25) is 4.84 Å². The van der Waals surface area contributed by atoms with Gasteiger partial charge >= 0.3 is 0 Å². The van der Waals surface area contributed by atoms with Crippen LogP contribution in [0, 0.1) is 5.92 Å². The molecule has 4 nitrogen and oxygen atoms in total. The van der Waals surface area contributed by atoms with Crippen molar-refractivity contribution in [1.29, 1.82) is 0 Å². The van der Waals surface area contributed by atoms with Crippen LogP contribution in [0.2, 0.25) is 0 Å². The van der Waals surface area contributed by atoms with Crippen LogP contribution in [0.1, 0.15) is 17.2 Å². The van der Waals surface area contributed by atoms with Gasteiger partial charge in [0.05, 0.1) is 24.8 Å². The first kappa shape index (κ1) is 14.8. The van der Waals surface area contributed by atoms with Gasteiger partial charge in [0.2, 0.25) is 0 Å². The second-order valence-corrected chi connectivity index (χ2v) is 6.40. The Morgan fingerprint density at radius 3 is 2.52 bits per heavy atom. The van der Waals surface area contributed by atoms with Crippen LogP contribution in [0.5, 0.6) is 0 Å². The van der Waals surface area contributed by atoms with Gasteiger partial charge in [0.1, 0.15) is 0 Å². The van der Waals surface area contributed by atoms with E-state index in [4.69, 9.17) is 4.84 Å². The van der Waals surface area contributed by atoms with Crippen LogP contribution >= 0.6 is 0 Å². The predicted molar refractivity (Wildman–Crippen MR) is 88.4 cm³/mol. The quantitative estimate of drug-likeness (QED) is 0.908. The Morgan fingerprint density at radius 1 is 1.09 bits per heavy atom. The second-order valence-electron chi connectivity index (χ2n) is 6.40. The Balaban J connectivity index is 1.53. The van der Waals surface area contributed by atoms with E-state index in [-0.39, 0.29) is 12.1 Å². The van der Waals surface area contributed by atoms with Crippen molar-refractivity contribution in [1.82, 2.24) is 10.4 Å². The zero-order valence-electron chi connectivity index (χ0n) is 13.0. The molecule has 0 aliphatic carbocycles. The van der Waals surface area contributed by atoms with Crippen LogP contribution in [0.15, 0.2) is 60.7 Å². The number of nitrogens with one attached hydrogen (secondary N) is 1. The topological polar surface area (TPSA) is 44.7 Å². The summed E-state index contributed by atoms with van der Waals surface area (Å²) in [5, 5.41) is 16.4. The van der Waals surface area contributed by atoms with Crippen LogP contribution in [-0.4, -0.2) is 35.4 Å². The van der Waals surface area contributed by atoms with Gasteiger partial charge in [-0.1, -0.05) is 60.7 Å². The summed E-state index contributed by atoms with van der Waals surface area (Å²) < 4.78 is 0. The number of hydroxylamine groups is 2. The molecule has 2 aliphatic heterocycles. The molecule has 2 aromatic carbocycles. The largest absolute Gasteiger partial charge is 0.387 e. The lowest BCUT2D eigenvalue weighted by atomic mass is 9.93. The average molecular weight is 310 g/mol. The molecule has 0 unspecified atom stereocenters. The Bertz CT molecular complexity index is 634. The van der Waals surface area contributed by atoms with Gasteiger partial charge in [-0.05, 0) is 11.1 Å². The SMILES string of the molecule is O[C@@H](c1ccccc1)[C@H]1NC[C@@H]2CON(Cc3ccccc3)[C@@H]21. The van der Waals surface area contributed by atoms with Crippen molar-refractivity contribution >= 4 is 0 Å². The first-order valence-corrected chi connectivity index (χ1v) is 8.23. The summed E-state index contributed by atoms with van der Waals surface area (Å²) in [5.74, 6) is 0.432. The number of rotatable bonds is 4. The molecule has 0 spiro atoms. The highest BCUT2D eigenvalue weighted by atomic mass is 16.7.